The summed E-state index contributed by atoms with van der Waals surface area (Å²) in [6, 6.07) is 5.17. The van der Waals surface area contributed by atoms with Crippen molar-refractivity contribution in [2.75, 3.05) is 5.32 Å². The second-order valence-electron chi connectivity index (χ2n) is 3.22. The second kappa shape index (κ2) is 4.85. The zero-order valence-corrected chi connectivity index (χ0v) is 10.1. The van der Waals surface area contributed by atoms with Crippen molar-refractivity contribution in [2.45, 2.75) is 4.90 Å². The summed E-state index contributed by atoms with van der Waals surface area (Å²) in [6.07, 6.45) is 0. The van der Waals surface area contributed by atoms with E-state index in [1.54, 1.807) is 11.4 Å². The number of hydrogen-bond donors (Lipinski definition) is 2. The average molecular weight is 271 g/mol. The topological polar surface area (TPSA) is 29.1 Å². The van der Waals surface area contributed by atoms with Crippen molar-refractivity contribution in [3.05, 3.63) is 46.2 Å². The van der Waals surface area contributed by atoms with Crippen molar-refractivity contribution < 1.29 is 13.6 Å². The summed E-state index contributed by atoms with van der Waals surface area (Å²) in [4.78, 5) is 12.7. The van der Waals surface area contributed by atoms with Crippen LogP contribution in [0.2, 0.25) is 0 Å². The van der Waals surface area contributed by atoms with Crippen LogP contribution < -0.4 is 5.32 Å². The van der Waals surface area contributed by atoms with Crippen LogP contribution in [0.3, 0.4) is 0 Å². The highest BCUT2D eigenvalue weighted by Crippen LogP contribution is 2.21. The van der Waals surface area contributed by atoms with Gasteiger partial charge in [-0.2, -0.15) is 0 Å². The van der Waals surface area contributed by atoms with Crippen LogP contribution in [0.4, 0.5) is 14.5 Å². The molecule has 6 heteroatoms. The quantitative estimate of drug-likeness (QED) is 0.803. The lowest BCUT2D eigenvalue weighted by atomic mass is 10.3. The third kappa shape index (κ3) is 2.65. The van der Waals surface area contributed by atoms with E-state index in [4.69, 9.17) is 0 Å². The van der Waals surface area contributed by atoms with Gasteiger partial charge in [-0.1, -0.05) is 6.07 Å². The van der Waals surface area contributed by atoms with Gasteiger partial charge in [-0.25, -0.2) is 8.78 Å². The molecule has 0 bridgehead atoms. The van der Waals surface area contributed by atoms with Gasteiger partial charge in [-0.15, -0.1) is 24.0 Å². The van der Waals surface area contributed by atoms with E-state index in [9.17, 15) is 13.6 Å². The average Bonchev–Trinajstić information content (AvgIpc) is 2.72. The van der Waals surface area contributed by atoms with Gasteiger partial charge in [-0.05, 0) is 18.2 Å². The number of carbonyl (C=O) groups excluding carboxylic acids is 1. The molecule has 0 fully saturated rings. The molecule has 1 aromatic heterocycles. The zero-order valence-electron chi connectivity index (χ0n) is 8.41. The van der Waals surface area contributed by atoms with Gasteiger partial charge in [0, 0.05) is 10.3 Å². The van der Waals surface area contributed by atoms with Crippen molar-refractivity contribution in [2.24, 2.45) is 0 Å². The van der Waals surface area contributed by atoms with E-state index in [0.29, 0.717) is 9.77 Å². The lowest BCUT2D eigenvalue weighted by molar-refractivity contribution is 0.103. The standard InChI is InChI=1S/C11H7F2NOS2/c12-7-2-1-3-8(10(7)13)14-11(15)9-4-6(16)5-17-9/h1-5,16H,(H,14,15). The maximum atomic E-state index is 13.3. The number of anilines is 1. The number of benzene rings is 1. The molecular weight excluding hydrogens is 264 g/mol. The Morgan fingerprint density at radius 1 is 1.35 bits per heavy atom. The van der Waals surface area contributed by atoms with E-state index in [1.807, 2.05) is 0 Å². The molecule has 0 spiro atoms. The Labute approximate surface area is 106 Å². The van der Waals surface area contributed by atoms with Gasteiger partial charge < -0.3 is 5.32 Å². The maximum absolute atomic E-state index is 13.3. The Balaban J connectivity index is 2.21. The van der Waals surface area contributed by atoms with E-state index in [0.717, 1.165) is 6.07 Å². The summed E-state index contributed by atoms with van der Waals surface area (Å²) in [5, 5.41) is 3.98. The maximum Gasteiger partial charge on any atom is 0.265 e. The van der Waals surface area contributed by atoms with Crippen molar-refractivity contribution >= 4 is 35.6 Å². The van der Waals surface area contributed by atoms with Crippen LogP contribution in [-0.2, 0) is 0 Å². The molecule has 1 amide bonds. The lowest BCUT2D eigenvalue weighted by Crippen LogP contribution is -2.11. The molecule has 0 aliphatic carbocycles. The smallest absolute Gasteiger partial charge is 0.265 e. The number of rotatable bonds is 2. The molecule has 1 N–H and O–H groups in total. The van der Waals surface area contributed by atoms with Crippen LogP contribution in [-0.4, -0.2) is 5.91 Å². The van der Waals surface area contributed by atoms with Gasteiger partial charge in [0.15, 0.2) is 11.6 Å². The first-order valence-electron chi connectivity index (χ1n) is 4.61. The Bertz CT molecular complexity index is 568. The molecule has 2 rings (SSSR count). The Morgan fingerprint density at radius 2 is 2.12 bits per heavy atom. The second-order valence-corrected chi connectivity index (χ2v) is 4.65. The van der Waals surface area contributed by atoms with Gasteiger partial charge in [0.1, 0.15) is 0 Å². The number of hydrogen-bond acceptors (Lipinski definition) is 3. The SMILES string of the molecule is O=C(Nc1cccc(F)c1F)c1cc(S)cs1. The number of thiol groups is 1. The molecule has 0 aliphatic heterocycles. The number of nitrogens with one attached hydrogen (secondary N) is 1. The highest BCUT2D eigenvalue weighted by atomic mass is 32.1. The predicted molar refractivity (Wildman–Crippen MR) is 65.9 cm³/mol. The number of halogens is 2. The van der Waals surface area contributed by atoms with Crippen molar-refractivity contribution in [1.82, 2.24) is 0 Å². The summed E-state index contributed by atoms with van der Waals surface area (Å²) >= 11 is 5.24. The summed E-state index contributed by atoms with van der Waals surface area (Å²) in [5.74, 6) is -2.55. The normalized spacial score (nSPS) is 10.3. The highest BCUT2D eigenvalue weighted by molar-refractivity contribution is 7.80. The molecule has 1 heterocycles. The first-order chi connectivity index (χ1) is 8.08. The minimum absolute atomic E-state index is 0.177. The van der Waals surface area contributed by atoms with Gasteiger partial charge in [-0.3, -0.25) is 4.79 Å². The van der Waals surface area contributed by atoms with Crippen molar-refractivity contribution in [3.63, 3.8) is 0 Å². The number of thiophene rings is 1. The van der Waals surface area contributed by atoms with Crippen LogP contribution in [0.15, 0.2) is 34.5 Å². The van der Waals surface area contributed by atoms with Crippen LogP contribution in [0.25, 0.3) is 0 Å². The number of carbonyl (C=O) groups is 1. The van der Waals surface area contributed by atoms with E-state index in [-0.39, 0.29) is 5.69 Å². The molecular formula is C11H7F2NOS2. The monoisotopic (exact) mass is 271 g/mol. The minimum Gasteiger partial charge on any atom is -0.319 e. The molecule has 0 radical (unpaired) electrons. The molecule has 0 saturated heterocycles. The Morgan fingerprint density at radius 3 is 2.76 bits per heavy atom. The van der Waals surface area contributed by atoms with Crippen LogP contribution in [0.5, 0.6) is 0 Å². The molecule has 2 aromatic rings. The molecule has 0 atom stereocenters. The summed E-state index contributed by atoms with van der Waals surface area (Å²) in [7, 11) is 0. The first kappa shape index (κ1) is 12.1. The van der Waals surface area contributed by atoms with E-state index in [1.165, 1.54) is 23.5 Å². The van der Waals surface area contributed by atoms with Gasteiger partial charge in [0.2, 0.25) is 0 Å². The molecule has 2 nitrogen and oxygen atoms in total. The summed E-state index contributed by atoms with van der Waals surface area (Å²) in [5.41, 5.74) is -0.177. The van der Waals surface area contributed by atoms with Crippen molar-refractivity contribution in [3.8, 4) is 0 Å². The Hall–Kier alpha value is -1.40. The van der Waals surface area contributed by atoms with Crippen LogP contribution >= 0.6 is 24.0 Å². The highest BCUT2D eigenvalue weighted by Gasteiger charge is 2.13. The Kier molecular flexibility index (Phi) is 3.44. The third-order valence-electron chi connectivity index (χ3n) is 2.01. The largest absolute Gasteiger partial charge is 0.319 e. The summed E-state index contributed by atoms with van der Waals surface area (Å²) in [6.45, 7) is 0. The molecule has 0 aliphatic rings. The third-order valence-corrected chi connectivity index (χ3v) is 3.37. The van der Waals surface area contributed by atoms with Crippen molar-refractivity contribution in [1.29, 1.82) is 0 Å². The van der Waals surface area contributed by atoms with Crippen LogP contribution in [0.1, 0.15) is 9.67 Å². The van der Waals surface area contributed by atoms with E-state index >= 15 is 0 Å². The molecule has 88 valence electrons. The molecule has 0 unspecified atom stereocenters. The summed E-state index contributed by atoms with van der Waals surface area (Å²) < 4.78 is 26.2. The van der Waals surface area contributed by atoms with Gasteiger partial charge in [0.05, 0.1) is 10.6 Å². The van der Waals surface area contributed by atoms with Gasteiger partial charge >= 0.3 is 0 Å². The molecule has 17 heavy (non-hydrogen) atoms. The molecule has 1 aromatic carbocycles. The number of amides is 1. The minimum atomic E-state index is -1.07. The fourth-order valence-electron chi connectivity index (χ4n) is 1.23. The van der Waals surface area contributed by atoms with E-state index < -0.39 is 17.5 Å². The van der Waals surface area contributed by atoms with Gasteiger partial charge in [0.25, 0.3) is 5.91 Å². The van der Waals surface area contributed by atoms with Crippen LogP contribution in [0, 0.1) is 11.6 Å². The van der Waals surface area contributed by atoms with E-state index in [2.05, 4.69) is 17.9 Å². The predicted octanol–water partition coefficient (Wildman–Crippen LogP) is 3.57. The first-order valence-corrected chi connectivity index (χ1v) is 5.93. The lowest BCUT2D eigenvalue weighted by Gasteiger charge is -2.04. The molecule has 0 saturated carbocycles. The zero-order chi connectivity index (χ0) is 12.4. The fourth-order valence-corrected chi connectivity index (χ4v) is 2.27. The fraction of sp³-hybridized carbons (Fsp3) is 0.